The van der Waals surface area contributed by atoms with Crippen LogP contribution in [0, 0.1) is 5.92 Å². The molecule has 5 nitrogen and oxygen atoms in total. The summed E-state index contributed by atoms with van der Waals surface area (Å²) in [6.45, 7) is 9.31. The molecule has 0 spiro atoms. The monoisotopic (exact) mass is 305 g/mol. The van der Waals surface area contributed by atoms with Gasteiger partial charge in [0, 0.05) is 25.7 Å². The molecule has 21 heavy (non-hydrogen) atoms. The number of hydrogen-bond donors (Lipinski definition) is 1. The zero-order valence-electron chi connectivity index (χ0n) is 12.6. The van der Waals surface area contributed by atoms with E-state index in [2.05, 4.69) is 41.2 Å². The Kier molecular flexibility index (Phi) is 4.88. The van der Waals surface area contributed by atoms with Crippen molar-refractivity contribution in [2.24, 2.45) is 5.92 Å². The Bertz CT molecular complexity index is 469. The SMILES string of the molecule is CCNC(CN1CCn2c(nnc2C(F)(F)F)C1)C(C)C. The molecule has 8 heteroatoms. The van der Waals surface area contributed by atoms with E-state index in [1.807, 2.05) is 0 Å². The highest BCUT2D eigenvalue weighted by Crippen LogP contribution is 2.29. The number of fused-ring (bicyclic) bond motifs is 1. The van der Waals surface area contributed by atoms with Gasteiger partial charge in [-0.05, 0) is 12.5 Å². The van der Waals surface area contributed by atoms with Crippen LogP contribution in [0.15, 0.2) is 0 Å². The Morgan fingerprint density at radius 1 is 1.24 bits per heavy atom. The third-order valence-corrected chi connectivity index (χ3v) is 3.81. The Morgan fingerprint density at radius 2 is 1.95 bits per heavy atom. The van der Waals surface area contributed by atoms with E-state index in [9.17, 15) is 13.2 Å². The first-order chi connectivity index (χ1) is 9.82. The lowest BCUT2D eigenvalue weighted by Crippen LogP contribution is -2.46. The van der Waals surface area contributed by atoms with Gasteiger partial charge in [-0.15, -0.1) is 10.2 Å². The topological polar surface area (TPSA) is 46.0 Å². The Morgan fingerprint density at radius 3 is 2.52 bits per heavy atom. The van der Waals surface area contributed by atoms with Crippen molar-refractivity contribution >= 4 is 0 Å². The second kappa shape index (κ2) is 6.31. The lowest BCUT2D eigenvalue weighted by molar-refractivity contribution is -0.148. The normalized spacial score (nSPS) is 18.0. The predicted molar refractivity (Wildman–Crippen MR) is 72.6 cm³/mol. The van der Waals surface area contributed by atoms with Crippen LogP contribution in [0.4, 0.5) is 13.2 Å². The minimum absolute atomic E-state index is 0.286. The van der Waals surface area contributed by atoms with E-state index in [1.165, 1.54) is 4.57 Å². The van der Waals surface area contributed by atoms with Gasteiger partial charge in [0.25, 0.3) is 0 Å². The molecule has 1 aromatic heterocycles. The number of nitrogens with zero attached hydrogens (tertiary/aromatic N) is 4. The zero-order chi connectivity index (χ0) is 15.6. The Balaban J connectivity index is 2.05. The number of rotatable bonds is 5. The fourth-order valence-electron chi connectivity index (χ4n) is 2.62. The number of alkyl halides is 3. The molecule has 0 saturated carbocycles. The molecule has 1 N–H and O–H groups in total. The van der Waals surface area contributed by atoms with Gasteiger partial charge in [-0.25, -0.2) is 0 Å². The molecule has 1 aliphatic heterocycles. The fourth-order valence-corrected chi connectivity index (χ4v) is 2.62. The summed E-state index contributed by atoms with van der Waals surface area (Å²) in [6.07, 6.45) is -4.43. The van der Waals surface area contributed by atoms with Crippen LogP contribution in [-0.4, -0.2) is 45.3 Å². The molecule has 1 aromatic rings. The summed E-state index contributed by atoms with van der Waals surface area (Å²) in [5, 5.41) is 10.4. The molecule has 2 rings (SSSR count). The van der Waals surface area contributed by atoms with Gasteiger partial charge in [0.05, 0.1) is 6.54 Å². The Labute approximate surface area is 122 Å². The molecule has 2 heterocycles. The Hall–Kier alpha value is -1.15. The maximum atomic E-state index is 12.8. The molecule has 0 fully saturated rings. The fraction of sp³-hybridized carbons (Fsp3) is 0.846. The molecule has 0 saturated heterocycles. The smallest absolute Gasteiger partial charge is 0.313 e. The summed E-state index contributed by atoms with van der Waals surface area (Å²) in [5.74, 6) is -0.0210. The summed E-state index contributed by atoms with van der Waals surface area (Å²) in [4.78, 5) is 2.14. The molecule has 0 amide bonds. The van der Waals surface area contributed by atoms with Gasteiger partial charge >= 0.3 is 6.18 Å². The molecule has 0 radical (unpaired) electrons. The van der Waals surface area contributed by atoms with E-state index < -0.39 is 12.0 Å². The van der Waals surface area contributed by atoms with Crippen molar-refractivity contribution in [3.05, 3.63) is 11.6 Å². The number of nitrogens with one attached hydrogen (secondary N) is 1. The van der Waals surface area contributed by atoms with Crippen LogP contribution in [0.5, 0.6) is 0 Å². The third-order valence-electron chi connectivity index (χ3n) is 3.81. The van der Waals surface area contributed by atoms with E-state index in [0.717, 1.165) is 13.1 Å². The summed E-state index contributed by atoms with van der Waals surface area (Å²) in [6, 6.07) is 0.326. The first-order valence-corrected chi connectivity index (χ1v) is 7.28. The highest BCUT2D eigenvalue weighted by Gasteiger charge is 2.39. The molecule has 1 atom stereocenters. The highest BCUT2D eigenvalue weighted by atomic mass is 19.4. The van der Waals surface area contributed by atoms with Gasteiger partial charge in [-0.3, -0.25) is 4.90 Å². The van der Waals surface area contributed by atoms with E-state index in [4.69, 9.17) is 0 Å². The zero-order valence-corrected chi connectivity index (χ0v) is 12.6. The second-order valence-electron chi connectivity index (χ2n) is 5.73. The summed E-state index contributed by atoms with van der Waals surface area (Å²) in [5.41, 5.74) is 0. The molecule has 120 valence electrons. The van der Waals surface area contributed by atoms with Crippen LogP contribution < -0.4 is 5.32 Å². The molecule has 1 aliphatic rings. The largest absolute Gasteiger partial charge is 0.451 e. The van der Waals surface area contributed by atoms with Gasteiger partial charge in [0.1, 0.15) is 5.82 Å². The maximum absolute atomic E-state index is 12.8. The van der Waals surface area contributed by atoms with Crippen LogP contribution >= 0.6 is 0 Å². The lowest BCUT2D eigenvalue weighted by Gasteiger charge is -2.33. The maximum Gasteiger partial charge on any atom is 0.451 e. The van der Waals surface area contributed by atoms with E-state index in [-0.39, 0.29) is 6.54 Å². The average molecular weight is 305 g/mol. The summed E-state index contributed by atoms with van der Waals surface area (Å²) < 4.78 is 39.5. The quantitative estimate of drug-likeness (QED) is 0.900. The predicted octanol–water partition coefficient (Wildman–Crippen LogP) is 1.75. The first-order valence-electron chi connectivity index (χ1n) is 7.28. The van der Waals surface area contributed by atoms with Gasteiger partial charge in [0.15, 0.2) is 0 Å². The summed E-state index contributed by atoms with van der Waals surface area (Å²) in [7, 11) is 0. The van der Waals surface area contributed by atoms with Crippen molar-refractivity contribution in [3.8, 4) is 0 Å². The van der Waals surface area contributed by atoms with Crippen molar-refractivity contribution in [1.29, 1.82) is 0 Å². The average Bonchev–Trinajstić information content (AvgIpc) is 2.81. The van der Waals surface area contributed by atoms with Crippen molar-refractivity contribution in [2.75, 3.05) is 19.6 Å². The van der Waals surface area contributed by atoms with Crippen molar-refractivity contribution in [2.45, 2.75) is 46.1 Å². The van der Waals surface area contributed by atoms with E-state index in [1.54, 1.807) is 0 Å². The molecule has 0 bridgehead atoms. The van der Waals surface area contributed by atoms with Gasteiger partial charge in [0.2, 0.25) is 5.82 Å². The molecule has 0 aliphatic carbocycles. The van der Waals surface area contributed by atoms with Gasteiger partial charge < -0.3 is 9.88 Å². The molecular weight excluding hydrogens is 283 g/mol. The van der Waals surface area contributed by atoms with Crippen LogP contribution in [-0.2, 0) is 19.3 Å². The van der Waals surface area contributed by atoms with Crippen LogP contribution in [0.2, 0.25) is 0 Å². The van der Waals surface area contributed by atoms with Gasteiger partial charge in [-0.1, -0.05) is 20.8 Å². The van der Waals surface area contributed by atoms with E-state index >= 15 is 0 Å². The third kappa shape index (κ3) is 3.74. The lowest BCUT2D eigenvalue weighted by atomic mass is 10.0. The number of halogens is 3. The number of hydrogen-bond acceptors (Lipinski definition) is 4. The second-order valence-corrected chi connectivity index (χ2v) is 5.73. The van der Waals surface area contributed by atoms with Crippen molar-refractivity contribution < 1.29 is 13.2 Å². The van der Waals surface area contributed by atoms with Gasteiger partial charge in [-0.2, -0.15) is 13.2 Å². The minimum atomic E-state index is -4.43. The van der Waals surface area contributed by atoms with E-state index in [0.29, 0.717) is 30.9 Å². The highest BCUT2D eigenvalue weighted by molar-refractivity contribution is 5.02. The van der Waals surface area contributed by atoms with Crippen LogP contribution in [0.1, 0.15) is 32.4 Å². The molecule has 0 aromatic carbocycles. The number of aromatic nitrogens is 3. The molecule has 1 unspecified atom stereocenters. The van der Waals surface area contributed by atoms with Crippen molar-refractivity contribution in [3.63, 3.8) is 0 Å². The van der Waals surface area contributed by atoms with Crippen LogP contribution in [0.25, 0.3) is 0 Å². The minimum Gasteiger partial charge on any atom is -0.313 e. The standard InChI is InChI=1S/C13H22F3N5/c1-4-17-10(9(2)3)7-20-5-6-21-11(8-20)18-19-12(21)13(14,15)16/h9-10,17H,4-8H2,1-3H3. The first kappa shape index (κ1) is 16.2. The van der Waals surface area contributed by atoms with Crippen LogP contribution in [0.3, 0.4) is 0 Å². The van der Waals surface area contributed by atoms with Crippen molar-refractivity contribution in [1.82, 2.24) is 25.0 Å². The summed E-state index contributed by atoms with van der Waals surface area (Å²) >= 11 is 0. The molecular formula is C13H22F3N5. The number of likely N-dealkylation sites (N-methyl/N-ethyl adjacent to an activating group) is 1.